The van der Waals surface area contributed by atoms with Crippen molar-refractivity contribution in [2.45, 2.75) is 17.8 Å². The molecule has 2 amide bonds. The summed E-state index contributed by atoms with van der Waals surface area (Å²) in [5.74, 6) is -1.55. The lowest BCUT2D eigenvalue weighted by atomic mass is 10.2. The molecule has 37 heavy (non-hydrogen) atoms. The summed E-state index contributed by atoms with van der Waals surface area (Å²) in [5, 5.41) is 18.8. The molecular formula is C19H16ClN7O8S2. The Balaban J connectivity index is 1.51. The van der Waals surface area contributed by atoms with E-state index in [1.807, 2.05) is 0 Å². The molecule has 0 spiro atoms. The van der Waals surface area contributed by atoms with Gasteiger partial charge in [-0.05, 0) is 19.1 Å². The minimum Gasteiger partial charge on any atom is -0.330 e. The first-order valence-electron chi connectivity index (χ1n) is 10.3. The fraction of sp³-hybridized carbons (Fsp3) is 0.263. The SMILES string of the molecule is Cc1cn(CC(=O)N2CCN(S(=O)(=O)c3nnc(-c4ccc(Cl)cc4[N+](=O)[O-])s3)C(=O)C2)c(=O)[nH]c1=O. The van der Waals surface area contributed by atoms with Gasteiger partial charge in [0, 0.05) is 29.4 Å². The maximum absolute atomic E-state index is 13.1. The summed E-state index contributed by atoms with van der Waals surface area (Å²) < 4.78 is 27.1. The van der Waals surface area contributed by atoms with E-state index < -0.39 is 61.1 Å². The number of aryl methyl sites for hydroxylation is 1. The van der Waals surface area contributed by atoms with Crippen molar-refractivity contribution >= 4 is 50.5 Å². The largest absolute Gasteiger partial charge is 0.330 e. The first kappa shape index (κ1) is 26.1. The molecule has 3 heterocycles. The third-order valence-corrected chi connectivity index (χ3v) is 8.69. The van der Waals surface area contributed by atoms with E-state index in [9.17, 15) is 37.7 Å². The first-order valence-corrected chi connectivity index (χ1v) is 12.9. The van der Waals surface area contributed by atoms with Crippen LogP contribution < -0.4 is 11.2 Å². The number of sulfonamides is 1. The number of benzene rings is 1. The van der Waals surface area contributed by atoms with Gasteiger partial charge in [-0.25, -0.2) is 9.10 Å². The van der Waals surface area contributed by atoms with Crippen molar-refractivity contribution in [2.24, 2.45) is 0 Å². The second-order valence-corrected chi connectivity index (χ2v) is 11.2. The number of carbonyl (C=O) groups is 2. The van der Waals surface area contributed by atoms with Gasteiger partial charge >= 0.3 is 5.69 Å². The first-order chi connectivity index (χ1) is 17.4. The summed E-state index contributed by atoms with van der Waals surface area (Å²) in [4.78, 5) is 62.6. The van der Waals surface area contributed by atoms with Crippen molar-refractivity contribution in [2.75, 3.05) is 19.6 Å². The van der Waals surface area contributed by atoms with Crippen LogP contribution >= 0.6 is 22.9 Å². The van der Waals surface area contributed by atoms with E-state index in [0.29, 0.717) is 15.6 Å². The Morgan fingerprint density at radius 3 is 2.65 bits per heavy atom. The maximum atomic E-state index is 13.1. The predicted molar refractivity (Wildman–Crippen MR) is 129 cm³/mol. The molecule has 1 fully saturated rings. The number of halogens is 1. The number of hydrogen-bond acceptors (Lipinski definition) is 11. The van der Waals surface area contributed by atoms with E-state index in [2.05, 4.69) is 15.2 Å². The quantitative estimate of drug-likeness (QED) is 0.311. The average Bonchev–Trinajstić information content (AvgIpc) is 3.33. The smallest absolute Gasteiger partial charge is 0.328 e. The van der Waals surface area contributed by atoms with Gasteiger partial charge in [-0.1, -0.05) is 22.9 Å². The van der Waals surface area contributed by atoms with Crippen molar-refractivity contribution in [1.82, 2.24) is 29.0 Å². The average molecular weight is 570 g/mol. The topological polar surface area (TPSA) is 199 Å². The number of nitro benzene ring substituents is 1. The lowest BCUT2D eigenvalue weighted by Crippen LogP contribution is -2.54. The van der Waals surface area contributed by atoms with Crippen molar-refractivity contribution in [3.63, 3.8) is 0 Å². The molecule has 0 unspecified atom stereocenters. The zero-order valence-corrected chi connectivity index (χ0v) is 21.2. The highest BCUT2D eigenvalue weighted by Gasteiger charge is 2.38. The monoisotopic (exact) mass is 569 g/mol. The number of aromatic nitrogens is 4. The molecule has 3 aromatic rings. The van der Waals surface area contributed by atoms with E-state index in [-0.39, 0.29) is 34.2 Å². The Kier molecular flexibility index (Phi) is 6.94. The predicted octanol–water partition coefficient (Wildman–Crippen LogP) is -0.0152. The van der Waals surface area contributed by atoms with Crippen molar-refractivity contribution < 1.29 is 22.9 Å². The summed E-state index contributed by atoms with van der Waals surface area (Å²) in [5.41, 5.74) is -1.58. The molecule has 1 aliphatic rings. The van der Waals surface area contributed by atoms with Crippen LogP contribution in [-0.4, -0.2) is 73.7 Å². The number of carbonyl (C=O) groups excluding carboxylic acids is 2. The molecule has 0 radical (unpaired) electrons. The second kappa shape index (κ2) is 9.83. The number of aromatic amines is 1. The van der Waals surface area contributed by atoms with Crippen LogP contribution in [-0.2, 0) is 26.2 Å². The van der Waals surface area contributed by atoms with Gasteiger partial charge in [-0.3, -0.25) is 34.0 Å². The zero-order valence-electron chi connectivity index (χ0n) is 18.8. The van der Waals surface area contributed by atoms with E-state index in [0.717, 1.165) is 15.5 Å². The minimum atomic E-state index is -4.46. The zero-order chi connectivity index (χ0) is 27.1. The van der Waals surface area contributed by atoms with Crippen LogP contribution in [0.5, 0.6) is 0 Å². The highest BCUT2D eigenvalue weighted by molar-refractivity contribution is 7.91. The van der Waals surface area contributed by atoms with Crippen LogP contribution in [0.25, 0.3) is 10.6 Å². The van der Waals surface area contributed by atoms with Crippen molar-refractivity contribution in [1.29, 1.82) is 0 Å². The fourth-order valence-electron chi connectivity index (χ4n) is 3.46. The number of piperazine rings is 1. The summed E-state index contributed by atoms with van der Waals surface area (Å²) in [6, 6.07) is 3.78. The Morgan fingerprint density at radius 2 is 1.97 bits per heavy atom. The van der Waals surface area contributed by atoms with E-state index in [1.54, 1.807) is 0 Å². The number of amides is 2. The van der Waals surface area contributed by atoms with Crippen molar-refractivity contribution in [3.8, 4) is 10.6 Å². The highest BCUT2D eigenvalue weighted by Crippen LogP contribution is 2.35. The molecule has 4 rings (SSSR count). The van der Waals surface area contributed by atoms with Crippen molar-refractivity contribution in [3.05, 3.63) is 65.9 Å². The molecule has 1 aliphatic heterocycles. The molecule has 1 N–H and O–H groups in total. The molecule has 0 bridgehead atoms. The number of nitro groups is 1. The number of nitrogens with one attached hydrogen (secondary N) is 1. The molecule has 194 valence electrons. The summed E-state index contributed by atoms with van der Waals surface area (Å²) in [6.07, 6.45) is 1.21. The lowest BCUT2D eigenvalue weighted by molar-refractivity contribution is -0.384. The third-order valence-electron chi connectivity index (χ3n) is 5.33. The van der Waals surface area contributed by atoms with Gasteiger partial charge in [0.15, 0.2) is 5.01 Å². The third kappa shape index (κ3) is 5.13. The van der Waals surface area contributed by atoms with Crippen LogP contribution in [0.2, 0.25) is 5.02 Å². The Morgan fingerprint density at radius 1 is 1.24 bits per heavy atom. The van der Waals surface area contributed by atoms with Gasteiger partial charge in [-0.2, -0.15) is 8.42 Å². The Labute approximate surface area is 216 Å². The van der Waals surface area contributed by atoms with Crippen LogP contribution in [0.15, 0.2) is 38.3 Å². The van der Waals surface area contributed by atoms with Gasteiger partial charge in [0.1, 0.15) is 13.1 Å². The van der Waals surface area contributed by atoms with Gasteiger partial charge in [0.05, 0.1) is 17.0 Å². The van der Waals surface area contributed by atoms with Gasteiger partial charge < -0.3 is 4.90 Å². The van der Waals surface area contributed by atoms with Crippen LogP contribution in [0.1, 0.15) is 5.56 Å². The molecule has 0 atom stereocenters. The molecule has 1 saturated heterocycles. The number of H-pyrrole nitrogens is 1. The fourth-order valence-corrected chi connectivity index (χ4v) is 6.15. The van der Waals surface area contributed by atoms with Crippen LogP contribution in [0, 0.1) is 17.0 Å². The minimum absolute atomic E-state index is 0.00262. The second-order valence-electron chi connectivity index (χ2n) is 7.78. The van der Waals surface area contributed by atoms with Gasteiger partial charge in [-0.15, -0.1) is 10.2 Å². The van der Waals surface area contributed by atoms with Crippen LogP contribution in [0.4, 0.5) is 5.69 Å². The maximum Gasteiger partial charge on any atom is 0.328 e. The van der Waals surface area contributed by atoms with E-state index in [4.69, 9.17) is 11.6 Å². The molecule has 2 aromatic heterocycles. The number of hydrogen-bond donors (Lipinski definition) is 1. The Hall–Kier alpha value is -3.96. The highest BCUT2D eigenvalue weighted by atomic mass is 35.5. The van der Waals surface area contributed by atoms with E-state index in [1.165, 1.54) is 25.3 Å². The summed E-state index contributed by atoms with van der Waals surface area (Å²) >= 11 is 6.35. The number of nitrogens with zero attached hydrogens (tertiary/aromatic N) is 6. The number of rotatable bonds is 6. The lowest BCUT2D eigenvalue weighted by Gasteiger charge is -2.33. The Bertz CT molecular complexity index is 1660. The molecule has 15 nitrogen and oxygen atoms in total. The van der Waals surface area contributed by atoms with Crippen LogP contribution in [0.3, 0.4) is 0 Å². The molecular weight excluding hydrogens is 554 g/mol. The summed E-state index contributed by atoms with van der Waals surface area (Å²) in [6.45, 7) is -0.131. The normalized spacial score (nSPS) is 14.2. The molecule has 1 aromatic carbocycles. The molecule has 0 saturated carbocycles. The standard InChI is InChI=1S/C19H16ClN7O8S2/c1-10-7-25(18(31)21-16(10)30)8-14(28)24-4-5-26(15(29)9-24)37(34,35)19-23-22-17(36-19)12-3-2-11(20)6-13(12)27(32)33/h2-3,6-7H,4-5,8-9H2,1H3,(H,21,30,31). The summed E-state index contributed by atoms with van der Waals surface area (Å²) in [7, 11) is -4.46. The van der Waals surface area contributed by atoms with Gasteiger partial charge in [0.2, 0.25) is 5.91 Å². The molecule has 0 aliphatic carbocycles. The van der Waals surface area contributed by atoms with E-state index >= 15 is 0 Å². The molecule has 18 heteroatoms. The van der Waals surface area contributed by atoms with Gasteiger partial charge in [0.25, 0.3) is 31.5 Å².